The van der Waals surface area contributed by atoms with Crippen LogP contribution in [-0.2, 0) is 13.0 Å². The van der Waals surface area contributed by atoms with Gasteiger partial charge in [0.1, 0.15) is 5.69 Å². The van der Waals surface area contributed by atoms with E-state index in [-0.39, 0.29) is 17.2 Å². The number of unbranched alkanes of at least 4 members (excludes halogenated alkanes) is 1. The lowest BCUT2D eigenvalue weighted by atomic mass is 10.1. The molecule has 0 bridgehead atoms. The minimum absolute atomic E-state index is 0.183. The maximum atomic E-state index is 12.3. The Bertz CT molecular complexity index is 930. The predicted octanol–water partition coefficient (Wildman–Crippen LogP) is 2.20. The number of hydrogen-bond acceptors (Lipinski definition) is 4. The van der Waals surface area contributed by atoms with Crippen LogP contribution in [0.15, 0.2) is 59.7 Å². The number of nitrogens with one attached hydrogen (secondary N) is 1. The first-order valence-electron chi connectivity index (χ1n) is 9.12. The van der Waals surface area contributed by atoms with Gasteiger partial charge in [0.2, 0.25) is 0 Å². The van der Waals surface area contributed by atoms with Crippen molar-refractivity contribution in [3.63, 3.8) is 0 Å². The minimum atomic E-state index is -0.270. The summed E-state index contributed by atoms with van der Waals surface area (Å²) in [5.74, 6) is -0.270. The summed E-state index contributed by atoms with van der Waals surface area (Å²) in [6.07, 6.45) is 6.15. The summed E-state index contributed by atoms with van der Waals surface area (Å²) in [5.41, 5.74) is 2.19. The van der Waals surface area contributed by atoms with E-state index in [1.165, 1.54) is 16.8 Å². The Kier molecular flexibility index (Phi) is 6.14. The average molecular weight is 365 g/mol. The topological polar surface area (TPSA) is 81.8 Å². The van der Waals surface area contributed by atoms with Gasteiger partial charge in [0.05, 0.1) is 5.69 Å². The van der Waals surface area contributed by atoms with Crippen molar-refractivity contribution in [2.24, 2.45) is 0 Å². The lowest BCUT2D eigenvalue weighted by Crippen LogP contribution is -2.30. The van der Waals surface area contributed by atoms with E-state index in [1.807, 2.05) is 43.5 Å². The van der Waals surface area contributed by atoms with Gasteiger partial charge < -0.3 is 5.32 Å². The third kappa shape index (κ3) is 4.91. The van der Waals surface area contributed by atoms with Crippen molar-refractivity contribution in [2.45, 2.75) is 32.7 Å². The highest BCUT2D eigenvalue weighted by Crippen LogP contribution is 2.08. The van der Waals surface area contributed by atoms with Crippen LogP contribution in [0.4, 0.5) is 0 Å². The van der Waals surface area contributed by atoms with Crippen LogP contribution in [0.5, 0.6) is 0 Å². The Hall–Kier alpha value is -3.22. The van der Waals surface area contributed by atoms with Crippen molar-refractivity contribution in [3.8, 4) is 5.69 Å². The van der Waals surface area contributed by atoms with Crippen LogP contribution in [0.1, 0.15) is 35.8 Å². The lowest BCUT2D eigenvalue weighted by Gasteiger charge is -2.08. The first-order chi connectivity index (χ1) is 13.2. The van der Waals surface area contributed by atoms with Gasteiger partial charge in [-0.05, 0) is 42.7 Å². The fourth-order valence-corrected chi connectivity index (χ4v) is 2.69. The number of hydrogen-bond donors (Lipinski definition) is 1. The van der Waals surface area contributed by atoms with E-state index in [0.717, 1.165) is 24.1 Å². The number of aromatic nitrogens is 4. The highest BCUT2D eigenvalue weighted by atomic mass is 16.2. The third-order valence-electron chi connectivity index (χ3n) is 4.23. The molecule has 0 aliphatic heterocycles. The van der Waals surface area contributed by atoms with Crippen LogP contribution in [0, 0.1) is 0 Å². The molecule has 1 aromatic carbocycles. The number of aryl methyl sites for hydroxylation is 1. The fourth-order valence-electron chi connectivity index (χ4n) is 2.69. The summed E-state index contributed by atoms with van der Waals surface area (Å²) in [4.78, 5) is 24.1. The summed E-state index contributed by atoms with van der Waals surface area (Å²) in [6.45, 7) is 3.07. The van der Waals surface area contributed by atoms with E-state index in [1.54, 1.807) is 10.9 Å². The van der Waals surface area contributed by atoms with Gasteiger partial charge >= 0.3 is 0 Å². The Morgan fingerprint density at radius 1 is 1.15 bits per heavy atom. The summed E-state index contributed by atoms with van der Waals surface area (Å²) in [6, 6.07) is 12.8. The normalized spacial score (nSPS) is 10.7. The predicted molar refractivity (Wildman–Crippen MR) is 103 cm³/mol. The first kappa shape index (κ1) is 18.6. The Labute approximate surface area is 157 Å². The molecular formula is C20H23N5O2. The molecular weight excluding hydrogens is 342 g/mol. The van der Waals surface area contributed by atoms with E-state index in [2.05, 4.69) is 15.5 Å². The molecule has 1 N–H and O–H groups in total. The van der Waals surface area contributed by atoms with Gasteiger partial charge in [0.25, 0.3) is 11.5 Å². The molecule has 0 fully saturated rings. The standard InChI is InChI=1S/C20H23N5O2/c1-2-3-14-25-19(26)10-9-18(23-25)20(27)21-13-11-16-5-7-17(8-6-16)24-15-4-12-22-24/h4-10,12,15H,2-3,11,13-14H2,1H3,(H,21,27). The molecule has 0 saturated carbocycles. The molecule has 0 aliphatic carbocycles. The monoisotopic (exact) mass is 365 g/mol. The second kappa shape index (κ2) is 8.93. The molecule has 27 heavy (non-hydrogen) atoms. The van der Waals surface area contributed by atoms with Gasteiger partial charge in [0.15, 0.2) is 0 Å². The van der Waals surface area contributed by atoms with Crippen molar-refractivity contribution in [1.82, 2.24) is 24.9 Å². The van der Waals surface area contributed by atoms with Crippen molar-refractivity contribution >= 4 is 5.91 Å². The quantitative estimate of drug-likeness (QED) is 0.663. The molecule has 2 aromatic heterocycles. The maximum Gasteiger partial charge on any atom is 0.271 e. The molecule has 0 spiro atoms. The number of nitrogens with zero attached hydrogens (tertiary/aromatic N) is 4. The average Bonchev–Trinajstić information content (AvgIpc) is 3.22. The largest absolute Gasteiger partial charge is 0.350 e. The molecule has 3 rings (SSSR count). The molecule has 0 saturated heterocycles. The molecule has 0 atom stereocenters. The van der Waals surface area contributed by atoms with Crippen LogP contribution in [0.25, 0.3) is 5.69 Å². The van der Waals surface area contributed by atoms with Gasteiger partial charge in [-0.3, -0.25) is 9.59 Å². The minimum Gasteiger partial charge on any atom is -0.350 e. The molecule has 7 heteroatoms. The Morgan fingerprint density at radius 3 is 2.67 bits per heavy atom. The summed E-state index contributed by atoms with van der Waals surface area (Å²) >= 11 is 0. The molecule has 2 heterocycles. The van der Waals surface area contributed by atoms with E-state index in [4.69, 9.17) is 0 Å². The smallest absolute Gasteiger partial charge is 0.271 e. The molecule has 7 nitrogen and oxygen atoms in total. The number of carbonyl (C=O) groups is 1. The number of rotatable bonds is 8. The second-order valence-corrected chi connectivity index (χ2v) is 6.26. The zero-order chi connectivity index (χ0) is 19.1. The molecule has 0 unspecified atom stereocenters. The van der Waals surface area contributed by atoms with Crippen molar-refractivity contribution in [2.75, 3.05) is 6.54 Å². The van der Waals surface area contributed by atoms with E-state index in [9.17, 15) is 9.59 Å². The van der Waals surface area contributed by atoms with Crippen LogP contribution in [-0.4, -0.2) is 32.0 Å². The van der Waals surface area contributed by atoms with Gasteiger partial charge in [-0.25, -0.2) is 9.36 Å². The summed E-state index contributed by atoms with van der Waals surface area (Å²) in [5, 5.41) is 11.2. The number of carbonyl (C=O) groups excluding carboxylic acids is 1. The maximum absolute atomic E-state index is 12.3. The van der Waals surface area contributed by atoms with Gasteiger partial charge in [-0.1, -0.05) is 25.5 Å². The van der Waals surface area contributed by atoms with Crippen LogP contribution in [0.2, 0.25) is 0 Å². The van der Waals surface area contributed by atoms with E-state index >= 15 is 0 Å². The van der Waals surface area contributed by atoms with Crippen LogP contribution >= 0.6 is 0 Å². The van der Waals surface area contributed by atoms with Gasteiger partial charge in [-0.2, -0.15) is 10.2 Å². The number of amides is 1. The molecule has 0 aliphatic rings. The van der Waals surface area contributed by atoms with E-state index in [0.29, 0.717) is 19.5 Å². The third-order valence-corrected chi connectivity index (χ3v) is 4.23. The molecule has 1 amide bonds. The summed E-state index contributed by atoms with van der Waals surface area (Å²) < 4.78 is 3.15. The fraction of sp³-hybridized carbons (Fsp3) is 0.300. The lowest BCUT2D eigenvalue weighted by molar-refractivity contribution is 0.0946. The zero-order valence-electron chi connectivity index (χ0n) is 15.3. The van der Waals surface area contributed by atoms with Crippen LogP contribution < -0.4 is 10.9 Å². The Morgan fingerprint density at radius 2 is 1.96 bits per heavy atom. The first-order valence-corrected chi connectivity index (χ1v) is 9.12. The number of benzene rings is 1. The van der Waals surface area contributed by atoms with Gasteiger partial charge in [0, 0.05) is 31.5 Å². The molecule has 0 radical (unpaired) electrons. The second-order valence-electron chi connectivity index (χ2n) is 6.26. The Balaban J connectivity index is 1.54. The van der Waals surface area contributed by atoms with Crippen LogP contribution in [0.3, 0.4) is 0 Å². The van der Waals surface area contributed by atoms with Crippen molar-refractivity contribution in [3.05, 3.63) is 76.5 Å². The summed E-state index contributed by atoms with van der Waals surface area (Å²) in [7, 11) is 0. The van der Waals surface area contributed by atoms with E-state index < -0.39 is 0 Å². The van der Waals surface area contributed by atoms with Crippen molar-refractivity contribution in [1.29, 1.82) is 0 Å². The highest BCUT2D eigenvalue weighted by molar-refractivity contribution is 5.91. The molecule has 140 valence electrons. The molecule has 3 aromatic rings. The van der Waals surface area contributed by atoms with Crippen molar-refractivity contribution < 1.29 is 4.79 Å². The highest BCUT2D eigenvalue weighted by Gasteiger charge is 2.09. The van der Waals surface area contributed by atoms with Gasteiger partial charge in [-0.15, -0.1) is 0 Å². The SMILES string of the molecule is CCCCn1nc(C(=O)NCCc2ccc(-n3cccn3)cc2)ccc1=O. The zero-order valence-corrected chi connectivity index (χ0v) is 15.3.